The zero-order chi connectivity index (χ0) is 30.1. The van der Waals surface area contributed by atoms with Crippen LogP contribution in [0.15, 0.2) is 127 Å². The van der Waals surface area contributed by atoms with Crippen molar-refractivity contribution in [3.63, 3.8) is 0 Å². The highest BCUT2D eigenvalue weighted by atomic mass is 15.1. The van der Waals surface area contributed by atoms with E-state index in [1.165, 1.54) is 73.4 Å². The summed E-state index contributed by atoms with van der Waals surface area (Å²) in [5.41, 5.74) is 9.44. The standard InChI is InChI=1S/C42H33N3/c1-26-16-17-27(2)41-38(26)44-42(45(41)32-12-4-3-5-13-32)31-20-18-30(19-21-31)37-35-24-22-28-10-6-8-14-33(28)39(35)43-40-34-15-9-7-11-29(34)23-25-36(37)40/h3-15,18-27H,16-17H2,1-2H3. The van der Waals surface area contributed by atoms with Crippen LogP contribution in [-0.2, 0) is 0 Å². The lowest BCUT2D eigenvalue weighted by atomic mass is 9.84. The number of nitrogens with zero attached hydrogens (tertiary/aromatic N) is 3. The van der Waals surface area contributed by atoms with Crippen LogP contribution in [0.4, 0.5) is 0 Å². The predicted molar refractivity (Wildman–Crippen MR) is 188 cm³/mol. The highest BCUT2D eigenvalue weighted by Crippen LogP contribution is 2.43. The maximum absolute atomic E-state index is 5.37. The number of rotatable bonds is 3. The van der Waals surface area contributed by atoms with Gasteiger partial charge in [-0.05, 0) is 47.2 Å². The second-order valence-corrected chi connectivity index (χ2v) is 12.7. The topological polar surface area (TPSA) is 30.7 Å². The van der Waals surface area contributed by atoms with E-state index >= 15 is 0 Å². The number of hydrogen-bond donors (Lipinski definition) is 0. The van der Waals surface area contributed by atoms with Gasteiger partial charge >= 0.3 is 0 Å². The molecule has 0 bridgehead atoms. The molecule has 2 aromatic heterocycles. The molecule has 216 valence electrons. The number of imidazole rings is 1. The lowest BCUT2D eigenvalue weighted by Crippen LogP contribution is -2.14. The van der Waals surface area contributed by atoms with Gasteiger partial charge in [0.15, 0.2) is 0 Å². The monoisotopic (exact) mass is 579 g/mol. The van der Waals surface area contributed by atoms with E-state index in [-0.39, 0.29) is 0 Å². The summed E-state index contributed by atoms with van der Waals surface area (Å²) >= 11 is 0. The van der Waals surface area contributed by atoms with Gasteiger partial charge in [0.05, 0.1) is 16.7 Å². The fourth-order valence-corrected chi connectivity index (χ4v) is 7.60. The molecule has 3 heteroatoms. The van der Waals surface area contributed by atoms with E-state index in [4.69, 9.17) is 9.97 Å². The van der Waals surface area contributed by atoms with Crippen molar-refractivity contribution < 1.29 is 0 Å². The third-order valence-corrected chi connectivity index (χ3v) is 9.92. The predicted octanol–water partition coefficient (Wildman–Crippen LogP) is 11.2. The smallest absolute Gasteiger partial charge is 0.145 e. The van der Waals surface area contributed by atoms with Crippen molar-refractivity contribution in [1.29, 1.82) is 0 Å². The van der Waals surface area contributed by atoms with Gasteiger partial charge in [-0.3, -0.25) is 4.57 Å². The highest BCUT2D eigenvalue weighted by molar-refractivity contribution is 6.21. The van der Waals surface area contributed by atoms with Crippen LogP contribution in [0.3, 0.4) is 0 Å². The molecule has 0 spiro atoms. The summed E-state index contributed by atoms with van der Waals surface area (Å²) < 4.78 is 2.42. The lowest BCUT2D eigenvalue weighted by molar-refractivity contribution is 0.506. The summed E-state index contributed by atoms with van der Waals surface area (Å²) in [5, 5.41) is 7.13. The van der Waals surface area contributed by atoms with Gasteiger partial charge in [-0.15, -0.1) is 0 Å². The first-order chi connectivity index (χ1) is 22.2. The summed E-state index contributed by atoms with van der Waals surface area (Å²) in [7, 11) is 0. The second kappa shape index (κ2) is 10.1. The Morgan fingerprint density at radius 2 is 1.07 bits per heavy atom. The molecule has 2 unspecified atom stereocenters. The Morgan fingerprint density at radius 3 is 1.71 bits per heavy atom. The summed E-state index contributed by atoms with van der Waals surface area (Å²) in [6.07, 6.45) is 2.38. The van der Waals surface area contributed by atoms with E-state index < -0.39 is 0 Å². The highest BCUT2D eigenvalue weighted by Gasteiger charge is 2.30. The van der Waals surface area contributed by atoms with Crippen LogP contribution in [0.1, 0.15) is 49.9 Å². The summed E-state index contributed by atoms with van der Waals surface area (Å²) in [5.74, 6) is 1.95. The van der Waals surface area contributed by atoms with Crippen LogP contribution >= 0.6 is 0 Å². The van der Waals surface area contributed by atoms with E-state index in [9.17, 15) is 0 Å². The average molecular weight is 580 g/mol. The molecule has 0 radical (unpaired) electrons. The minimum Gasteiger partial charge on any atom is -0.296 e. The van der Waals surface area contributed by atoms with Crippen LogP contribution in [0.25, 0.3) is 71.6 Å². The van der Waals surface area contributed by atoms with E-state index in [1.807, 2.05) is 0 Å². The number of aromatic nitrogens is 3. The minimum absolute atomic E-state index is 0.457. The molecular weight excluding hydrogens is 546 g/mol. The molecular formula is C42H33N3. The maximum atomic E-state index is 5.37. The van der Waals surface area contributed by atoms with Gasteiger partial charge in [0, 0.05) is 50.0 Å². The SMILES string of the molecule is CC1CCC(C)c2c1nc(-c1ccc(-c3c4ccc5ccccc5c4nc4c3ccc3ccccc34)cc1)n2-c1ccccc1. The molecule has 6 aromatic carbocycles. The van der Waals surface area contributed by atoms with Gasteiger partial charge in [-0.2, -0.15) is 0 Å². The number of para-hydroxylation sites is 1. The molecule has 2 heterocycles. The first-order valence-corrected chi connectivity index (χ1v) is 16.1. The van der Waals surface area contributed by atoms with Crippen molar-refractivity contribution in [2.45, 2.75) is 38.5 Å². The molecule has 0 aliphatic heterocycles. The Balaban J connectivity index is 1.29. The van der Waals surface area contributed by atoms with Crippen molar-refractivity contribution >= 4 is 43.4 Å². The molecule has 0 fully saturated rings. The Bertz CT molecular complexity index is 2310. The minimum atomic E-state index is 0.457. The van der Waals surface area contributed by atoms with Crippen molar-refractivity contribution in [2.24, 2.45) is 0 Å². The zero-order valence-electron chi connectivity index (χ0n) is 25.5. The van der Waals surface area contributed by atoms with E-state index in [1.54, 1.807) is 0 Å². The second-order valence-electron chi connectivity index (χ2n) is 12.7. The van der Waals surface area contributed by atoms with E-state index in [0.29, 0.717) is 11.8 Å². The van der Waals surface area contributed by atoms with Crippen LogP contribution in [0.2, 0.25) is 0 Å². The molecule has 0 amide bonds. The average Bonchev–Trinajstić information content (AvgIpc) is 3.51. The zero-order valence-corrected chi connectivity index (χ0v) is 25.5. The number of hydrogen-bond acceptors (Lipinski definition) is 2. The van der Waals surface area contributed by atoms with Gasteiger partial charge in [-0.1, -0.05) is 129 Å². The van der Waals surface area contributed by atoms with Crippen LogP contribution < -0.4 is 0 Å². The van der Waals surface area contributed by atoms with Crippen LogP contribution in [0.5, 0.6) is 0 Å². The molecule has 0 saturated heterocycles. The van der Waals surface area contributed by atoms with Gasteiger partial charge < -0.3 is 0 Å². The first-order valence-electron chi connectivity index (χ1n) is 16.1. The Labute approximate surface area is 262 Å². The molecule has 45 heavy (non-hydrogen) atoms. The van der Waals surface area contributed by atoms with Gasteiger partial charge in [0.2, 0.25) is 0 Å². The molecule has 1 aliphatic carbocycles. The molecule has 8 aromatic rings. The van der Waals surface area contributed by atoms with Gasteiger partial charge in [0.1, 0.15) is 5.82 Å². The Kier molecular flexibility index (Phi) is 5.89. The molecule has 2 atom stereocenters. The summed E-state index contributed by atoms with van der Waals surface area (Å²) in [4.78, 5) is 10.7. The lowest BCUT2D eigenvalue weighted by Gasteiger charge is -2.25. The summed E-state index contributed by atoms with van der Waals surface area (Å²) in [6, 6.07) is 46.0. The fraction of sp³-hybridized carbons (Fsp3) is 0.143. The van der Waals surface area contributed by atoms with Gasteiger partial charge in [0.25, 0.3) is 0 Å². The van der Waals surface area contributed by atoms with Gasteiger partial charge in [-0.25, -0.2) is 9.97 Å². The normalized spacial score (nSPS) is 16.5. The van der Waals surface area contributed by atoms with Crippen LogP contribution in [0, 0.1) is 0 Å². The number of fused-ring (bicyclic) bond motifs is 7. The molecule has 0 saturated carbocycles. The third-order valence-electron chi connectivity index (χ3n) is 9.92. The van der Waals surface area contributed by atoms with E-state index in [0.717, 1.165) is 22.4 Å². The third kappa shape index (κ3) is 4.04. The number of benzene rings is 6. The number of pyridine rings is 1. The molecule has 3 nitrogen and oxygen atoms in total. The van der Waals surface area contributed by atoms with Crippen molar-refractivity contribution in [1.82, 2.24) is 14.5 Å². The first kappa shape index (κ1) is 26.2. The quantitative estimate of drug-likeness (QED) is 0.154. The maximum Gasteiger partial charge on any atom is 0.145 e. The van der Waals surface area contributed by atoms with Crippen molar-refractivity contribution in [3.05, 3.63) is 139 Å². The van der Waals surface area contributed by atoms with Crippen molar-refractivity contribution in [3.8, 4) is 28.2 Å². The van der Waals surface area contributed by atoms with Crippen molar-refractivity contribution in [2.75, 3.05) is 0 Å². The Morgan fingerprint density at radius 1 is 0.511 bits per heavy atom. The Hall–Kier alpha value is -5.28. The summed E-state index contributed by atoms with van der Waals surface area (Å²) in [6.45, 7) is 4.68. The van der Waals surface area contributed by atoms with E-state index in [2.05, 4.69) is 146 Å². The van der Waals surface area contributed by atoms with Crippen LogP contribution in [-0.4, -0.2) is 14.5 Å². The largest absolute Gasteiger partial charge is 0.296 e. The molecule has 9 rings (SSSR count). The fourth-order valence-electron chi connectivity index (χ4n) is 7.60. The molecule has 0 N–H and O–H groups in total. The molecule has 1 aliphatic rings.